The van der Waals surface area contributed by atoms with Gasteiger partial charge in [-0.25, -0.2) is 18.7 Å². The summed E-state index contributed by atoms with van der Waals surface area (Å²) >= 11 is 6.61. The molecule has 5 aromatic carbocycles. The third kappa shape index (κ3) is 6.93. The first kappa shape index (κ1) is 30.5. The molecule has 0 atom stereocenters. The third-order valence-corrected chi connectivity index (χ3v) is 9.79. The lowest BCUT2D eigenvalue weighted by Crippen LogP contribution is -2.16. The first-order valence-electron chi connectivity index (χ1n) is 13.8. The van der Waals surface area contributed by atoms with Gasteiger partial charge in [0, 0.05) is 0 Å². The molecule has 10 heteroatoms. The number of thiazole rings is 2. The fraction of sp³-hybridized carbons (Fsp3) is 0.0571. The highest BCUT2D eigenvalue weighted by molar-refractivity contribution is 9.08. The number of benzene rings is 5. The van der Waals surface area contributed by atoms with E-state index in [1.807, 2.05) is 54.6 Å². The quantitative estimate of drug-likeness (QED) is 0.168. The van der Waals surface area contributed by atoms with Gasteiger partial charge in [-0.1, -0.05) is 88.7 Å². The van der Waals surface area contributed by atoms with Gasteiger partial charge < -0.3 is 10.5 Å². The van der Waals surface area contributed by atoms with E-state index >= 15 is 0 Å². The predicted molar refractivity (Wildman–Crippen MR) is 182 cm³/mol. The Kier molecular flexibility index (Phi) is 9.25. The lowest BCUT2D eigenvalue weighted by molar-refractivity contribution is 0.0991. The molecule has 0 radical (unpaired) electrons. The van der Waals surface area contributed by atoms with Crippen LogP contribution in [0.4, 0.5) is 8.78 Å². The molecule has 7 rings (SSSR count). The van der Waals surface area contributed by atoms with Gasteiger partial charge in [-0.05, 0) is 58.7 Å². The second kappa shape index (κ2) is 13.6. The van der Waals surface area contributed by atoms with Gasteiger partial charge in [0.25, 0.3) is 5.91 Å². The summed E-state index contributed by atoms with van der Waals surface area (Å²) in [6.45, 7) is -0.0131. The molecule has 45 heavy (non-hydrogen) atoms. The highest BCUT2D eigenvalue weighted by atomic mass is 79.9. The summed E-state index contributed by atoms with van der Waals surface area (Å²) in [6, 6.07) is 34.9. The van der Waals surface area contributed by atoms with Gasteiger partial charge in [0.1, 0.15) is 28.0 Å². The van der Waals surface area contributed by atoms with Gasteiger partial charge in [0.15, 0.2) is 11.6 Å². The molecule has 0 bridgehead atoms. The van der Waals surface area contributed by atoms with Gasteiger partial charge in [-0.2, -0.15) is 0 Å². The molecule has 0 aliphatic rings. The molecule has 2 heterocycles. The molecule has 0 aliphatic heterocycles. The van der Waals surface area contributed by atoms with Crippen LogP contribution in [0.2, 0.25) is 0 Å². The van der Waals surface area contributed by atoms with Crippen LogP contribution in [0.1, 0.15) is 20.4 Å². The molecule has 2 N–H and O–H groups in total. The van der Waals surface area contributed by atoms with Crippen molar-refractivity contribution in [3.63, 3.8) is 0 Å². The largest absolute Gasteiger partial charge is 0.483 e. The highest BCUT2D eigenvalue weighted by Crippen LogP contribution is 2.30. The fourth-order valence-corrected chi connectivity index (χ4v) is 6.83. The van der Waals surface area contributed by atoms with Crippen molar-refractivity contribution in [3.8, 4) is 28.0 Å². The van der Waals surface area contributed by atoms with Crippen molar-refractivity contribution in [2.75, 3.05) is 0 Å². The van der Waals surface area contributed by atoms with Crippen LogP contribution in [0.5, 0.6) is 5.75 Å². The Hall–Kier alpha value is -4.51. The van der Waals surface area contributed by atoms with Crippen molar-refractivity contribution in [1.82, 2.24) is 9.97 Å². The standard InChI is InChI=1S/C21H14F2N2O2S.C14H10BrNS/c22-14-7-8-16(20(23)19(14)21(24)26)27-11-18-25-15-10-13(6-9-17(15)28-18)12-4-2-1-3-5-12;15-9-14-16-12-8-11(6-7-13(12)17-14)10-4-2-1-3-5-10/h1-10H,11H2,(H2,24,26);1-8H,9H2. The van der Waals surface area contributed by atoms with E-state index < -0.39 is 23.1 Å². The van der Waals surface area contributed by atoms with Crippen molar-refractivity contribution >= 4 is 64.9 Å². The summed E-state index contributed by atoms with van der Waals surface area (Å²) in [5.41, 5.74) is 10.7. The van der Waals surface area contributed by atoms with Crippen LogP contribution in [0.25, 0.3) is 42.7 Å². The summed E-state index contributed by atoms with van der Waals surface area (Å²) < 4.78 is 35.4. The number of hydrogen-bond donors (Lipinski definition) is 1. The maximum absolute atomic E-state index is 14.2. The molecule has 224 valence electrons. The van der Waals surface area contributed by atoms with Gasteiger partial charge in [0.2, 0.25) is 0 Å². The Bertz CT molecular complexity index is 2120. The molecule has 0 saturated heterocycles. The van der Waals surface area contributed by atoms with Gasteiger partial charge in [-0.15, -0.1) is 22.7 Å². The Labute approximate surface area is 274 Å². The lowest BCUT2D eigenvalue weighted by atomic mass is 10.1. The molecule has 0 saturated carbocycles. The predicted octanol–water partition coefficient (Wildman–Crippen LogP) is 9.78. The average Bonchev–Trinajstić information content (AvgIpc) is 3.68. The summed E-state index contributed by atoms with van der Waals surface area (Å²) in [6.07, 6.45) is 0. The second-order valence-corrected chi connectivity index (χ2v) is 12.6. The van der Waals surface area contributed by atoms with E-state index in [4.69, 9.17) is 10.5 Å². The number of aromatic nitrogens is 2. The number of rotatable bonds is 7. The number of amides is 1. The number of carbonyl (C=O) groups is 1. The molecular formula is C35H24BrF2N3O2S2. The minimum absolute atomic E-state index is 0.0131. The van der Waals surface area contributed by atoms with Crippen molar-refractivity contribution in [2.24, 2.45) is 5.73 Å². The van der Waals surface area contributed by atoms with E-state index in [9.17, 15) is 13.6 Å². The van der Waals surface area contributed by atoms with E-state index in [0.29, 0.717) is 5.01 Å². The average molecular weight is 701 g/mol. The van der Waals surface area contributed by atoms with E-state index in [1.165, 1.54) is 27.2 Å². The molecule has 0 fully saturated rings. The first-order valence-corrected chi connectivity index (χ1v) is 16.5. The minimum Gasteiger partial charge on any atom is -0.483 e. The van der Waals surface area contributed by atoms with Crippen LogP contribution in [0.3, 0.4) is 0 Å². The van der Waals surface area contributed by atoms with Gasteiger partial charge in [-0.3, -0.25) is 4.79 Å². The van der Waals surface area contributed by atoms with Gasteiger partial charge in [0.05, 0.1) is 25.8 Å². The number of ether oxygens (including phenoxy) is 1. The number of primary amides is 1. The second-order valence-electron chi connectivity index (χ2n) is 9.83. The van der Waals surface area contributed by atoms with E-state index in [2.05, 4.69) is 68.4 Å². The number of alkyl halides is 1. The first-order chi connectivity index (χ1) is 21.9. The zero-order valence-electron chi connectivity index (χ0n) is 23.5. The Balaban J connectivity index is 0.000000179. The Morgan fingerprint density at radius 3 is 1.78 bits per heavy atom. The molecule has 0 unspecified atom stereocenters. The van der Waals surface area contributed by atoms with Crippen LogP contribution < -0.4 is 10.5 Å². The lowest BCUT2D eigenvalue weighted by Gasteiger charge is -2.08. The van der Waals surface area contributed by atoms with Crippen molar-refractivity contribution in [3.05, 3.63) is 136 Å². The zero-order valence-corrected chi connectivity index (χ0v) is 26.8. The van der Waals surface area contributed by atoms with Crippen LogP contribution in [-0.2, 0) is 11.9 Å². The molecule has 0 aliphatic carbocycles. The number of nitrogens with zero attached hydrogens (tertiary/aromatic N) is 2. The summed E-state index contributed by atoms with van der Waals surface area (Å²) in [5.74, 6) is -3.57. The van der Waals surface area contributed by atoms with Crippen LogP contribution >= 0.6 is 38.6 Å². The SMILES string of the molecule is BrCc1nc2cc(-c3ccccc3)ccc2s1.NC(=O)c1c(F)ccc(OCc2nc3cc(-c4ccccc4)ccc3s2)c1F. The maximum atomic E-state index is 14.2. The number of nitrogens with two attached hydrogens (primary N) is 1. The summed E-state index contributed by atoms with van der Waals surface area (Å²) in [4.78, 5) is 20.3. The summed E-state index contributed by atoms with van der Waals surface area (Å²) in [7, 11) is 0. The molecular weight excluding hydrogens is 676 g/mol. The van der Waals surface area contributed by atoms with Crippen molar-refractivity contribution in [2.45, 2.75) is 11.9 Å². The summed E-state index contributed by atoms with van der Waals surface area (Å²) in [5, 5.41) is 2.59. The van der Waals surface area contributed by atoms with Crippen molar-refractivity contribution in [1.29, 1.82) is 0 Å². The maximum Gasteiger partial charge on any atom is 0.254 e. The molecule has 7 aromatic rings. The van der Waals surface area contributed by atoms with E-state index in [0.717, 1.165) is 49.3 Å². The number of halogens is 3. The Morgan fingerprint density at radius 1 is 0.711 bits per heavy atom. The monoisotopic (exact) mass is 699 g/mol. The molecule has 1 amide bonds. The van der Waals surface area contributed by atoms with Crippen LogP contribution in [-0.4, -0.2) is 15.9 Å². The highest BCUT2D eigenvalue weighted by Gasteiger charge is 2.19. The normalized spacial score (nSPS) is 10.9. The van der Waals surface area contributed by atoms with Crippen LogP contribution in [0.15, 0.2) is 109 Å². The van der Waals surface area contributed by atoms with Gasteiger partial charge >= 0.3 is 0 Å². The Morgan fingerprint density at radius 2 is 1.24 bits per heavy atom. The smallest absolute Gasteiger partial charge is 0.254 e. The van der Waals surface area contributed by atoms with E-state index in [-0.39, 0.29) is 12.4 Å². The zero-order chi connectivity index (χ0) is 31.3. The van der Waals surface area contributed by atoms with E-state index in [1.54, 1.807) is 11.3 Å². The number of carbonyl (C=O) groups excluding carboxylic acids is 1. The molecule has 0 spiro atoms. The van der Waals surface area contributed by atoms with Crippen LogP contribution in [0, 0.1) is 11.6 Å². The molecule has 5 nitrogen and oxygen atoms in total. The number of fused-ring (bicyclic) bond motifs is 2. The minimum atomic E-state index is -1.19. The molecule has 2 aromatic heterocycles. The number of hydrogen-bond acceptors (Lipinski definition) is 6. The fourth-order valence-electron chi connectivity index (χ4n) is 4.70. The van der Waals surface area contributed by atoms with Crippen molar-refractivity contribution < 1.29 is 18.3 Å². The topological polar surface area (TPSA) is 78.1 Å². The third-order valence-electron chi connectivity index (χ3n) is 6.85.